The summed E-state index contributed by atoms with van der Waals surface area (Å²) in [7, 11) is 0. The molecule has 0 aliphatic carbocycles. The van der Waals surface area contributed by atoms with Crippen molar-refractivity contribution in [3.05, 3.63) is 11.6 Å². The van der Waals surface area contributed by atoms with E-state index in [1.165, 1.54) is 0 Å². The van der Waals surface area contributed by atoms with Gasteiger partial charge in [-0.1, -0.05) is 6.08 Å². The maximum absolute atomic E-state index is 11.8. The second-order valence-corrected chi connectivity index (χ2v) is 1.78. The van der Waals surface area contributed by atoms with Gasteiger partial charge in [-0.05, 0) is 6.92 Å². The largest absolute Gasteiger partial charge is 0.419 e. The quantitative estimate of drug-likeness (QED) is 0.626. The molecule has 0 spiro atoms. The van der Waals surface area contributed by atoms with Gasteiger partial charge in [0.2, 0.25) is 0 Å². The minimum absolute atomic E-state index is 0.637. The molecule has 0 aliphatic heterocycles. The fraction of sp³-hybridized carbons (Fsp3) is 0.500. The van der Waals surface area contributed by atoms with E-state index < -0.39 is 24.1 Å². The van der Waals surface area contributed by atoms with Crippen LogP contribution in [-0.2, 0) is 4.79 Å². The molecule has 0 aromatic carbocycles. The number of halogens is 3. The van der Waals surface area contributed by atoms with E-state index in [2.05, 4.69) is 0 Å². The Morgan fingerprint density at radius 3 is 2.09 bits per heavy atom. The highest BCUT2D eigenvalue weighted by Crippen LogP contribution is 2.25. The van der Waals surface area contributed by atoms with E-state index in [9.17, 15) is 18.0 Å². The summed E-state index contributed by atoms with van der Waals surface area (Å²) < 4.78 is 35.3. The molecule has 0 amide bonds. The summed E-state index contributed by atoms with van der Waals surface area (Å²) in [4.78, 5) is 10.4. The van der Waals surface area contributed by atoms with Crippen molar-refractivity contribution in [3.8, 4) is 0 Å². The molecular formula is C6H7F3O2. The topological polar surface area (TPSA) is 37.3 Å². The maximum Gasteiger partial charge on any atom is 0.419 e. The number of hydrogen-bond donors (Lipinski definition) is 1. The third-order valence-corrected chi connectivity index (χ3v) is 1.04. The lowest BCUT2D eigenvalue weighted by Gasteiger charge is -2.07. The van der Waals surface area contributed by atoms with Crippen LogP contribution in [0.25, 0.3) is 0 Å². The SMILES string of the molecule is CC=C(C(=O)CO)C(F)(F)F. The van der Waals surface area contributed by atoms with Gasteiger partial charge in [-0.2, -0.15) is 13.2 Å². The van der Waals surface area contributed by atoms with Crippen molar-refractivity contribution in [3.63, 3.8) is 0 Å². The standard InChI is InChI=1S/C6H7F3O2/c1-2-4(5(11)3-10)6(7,8)9/h2,10H,3H2,1H3. The summed E-state index contributed by atoms with van der Waals surface area (Å²) in [5.41, 5.74) is -1.31. The van der Waals surface area contributed by atoms with Crippen molar-refractivity contribution in [2.24, 2.45) is 0 Å². The Morgan fingerprint density at radius 1 is 1.55 bits per heavy atom. The van der Waals surface area contributed by atoms with Gasteiger partial charge < -0.3 is 5.11 Å². The zero-order valence-electron chi connectivity index (χ0n) is 5.77. The minimum atomic E-state index is -4.66. The predicted molar refractivity (Wildman–Crippen MR) is 31.9 cm³/mol. The highest BCUT2D eigenvalue weighted by Gasteiger charge is 2.36. The Bertz CT molecular complexity index is 181. The van der Waals surface area contributed by atoms with Crippen molar-refractivity contribution in [1.82, 2.24) is 0 Å². The summed E-state index contributed by atoms with van der Waals surface area (Å²) >= 11 is 0. The van der Waals surface area contributed by atoms with Gasteiger partial charge in [0.15, 0.2) is 5.78 Å². The molecule has 0 aromatic heterocycles. The number of carbonyl (C=O) groups is 1. The van der Waals surface area contributed by atoms with Crippen LogP contribution in [0.4, 0.5) is 13.2 Å². The highest BCUT2D eigenvalue weighted by atomic mass is 19.4. The zero-order chi connectivity index (χ0) is 9.07. The van der Waals surface area contributed by atoms with Crippen molar-refractivity contribution < 1.29 is 23.1 Å². The normalized spacial score (nSPS) is 13.4. The van der Waals surface area contributed by atoms with Crippen LogP contribution >= 0.6 is 0 Å². The molecule has 0 saturated heterocycles. The first-order valence-electron chi connectivity index (χ1n) is 2.81. The molecule has 0 rings (SSSR count). The van der Waals surface area contributed by atoms with E-state index in [1.807, 2.05) is 0 Å². The van der Waals surface area contributed by atoms with Crippen LogP contribution in [0.1, 0.15) is 6.92 Å². The molecule has 0 fully saturated rings. The number of ketones is 1. The number of alkyl halides is 3. The lowest BCUT2D eigenvalue weighted by molar-refractivity contribution is -0.131. The molecule has 0 atom stereocenters. The Kier molecular flexibility index (Phi) is 3.25. The van der Waals surface area contributed by atoms with Gasteiger partial charge in [-0.15, -0.1) is 0 Å². The van der Waals surface area contributed by atoms with Crippen LogP contribution in [0, 0.1) is 0 Å². The molecule has 0 saturated carbocycles. The number of hydrogen-bond acceptors (Lipinski definition) is 2. The second kappa shape index (κ2) is 3.52. The third-order valence-electron chi connectivity index (χ3n) is 1.04. The van der Waals surface area contributed by atoms with Gasteiger partial charge in [0.25, 0.3) is 0 Å². The average Bonchev–Trinajstić information content (AvgIpc) is 1.86. The van der Waals surface area contributed by atoms with E-state index in [0.717, 1.165) is 6.92 Å². The van der Waals surface area contributed by atoms with E-state index in [1.54, 1.807) is 0 Å². The molecule has 64 valence electrons. The highest BCUT2D eigenvalue weighted by molar-refractivity contribution is 5.97. The number of rotatable bonds is 2. The van der Waals surface area contributed by atoms with Gasteiger partial charge >= 0.3 is 6.18 Å². The Morgan fingerprint density at radius 2 is 2.00 bits per heavy atom. The molecule has 0 unspecified atom stereocenters. The van der Waals surface area contributed by atoms with Crippen molar-refractivity contribution >= 4 is 5.78 Å². The monoisotopic (exact) mass is 168 g/mol. The lowest BCUT2D eigenvalue weighted by atomic mass is 10.1. The van der Waals surface area contributed by atoms with Crippen LogP contribution < -0.4 is 0 Å². The molecule has 0 aliphatic rings. The van der Waals surface area contributed by atoms with Crippen molar-refractivity contribution in [2.75, 3.05) is 6.61 Å². The summed E-state index contributed by atoms with van der Waals surface area (Å²) in [6.07, 6.45) is -4.02. The minimum Gasteiger partial charge on any atom is -0.388 e. The summed E-state index contributed by atoms with van der Waals surface area (Å²) in [6, 6.07) is 0. The molecule has 0 heterocycles. The number of carbonyl (C=O) groups excluding carboxylic acids is 1. The van der Waals surface area contributed by atoms with Gasteiger partial charge in [0.1, 0.15) is 6.61 Å². The molecule has 11 heavy (non-hydrogen) atoms. The summed E-state index contributed by atoms with van der Waals surface area (Å²) in [6.45, 7) is -0.0183. The van der Waals surface area contributed by atoms with Crippen LogP contribution in [-0.4, -0.2) is 23.7 Å². The van der Waals surface area contributed by atoms with Crippen LogP contribution in [0.3, 0.4) is 0 Å². The lowest BCUT2D eigenvalue weighted by Crippen LogP contribution is -2.22. The Labute approximate surface area is 61.3 Å². The number of aliphatic hydroxyl groups excluding tert-OH is 1. The predicted octanol–water partition coefficient (Wildman–Crippen LogP) is 1.06. The molecule has 5 heteroatoms. The first-order chi connectivity index (χ1) is 4.93. The smallest absolute Gasteiger partial charge is 0.388 e. The first kappa shape index (κ1) is 10.2. The van der Waals surface area contributed by atoms with Crippen LogP contribution in [0.5, 0.6) is 0 Å². The van der Waals surface area contributed by atoms with E-state index in [-0.39, 0.29) is 0 Å². The molecular weight excluding hydrogens is 161 g/mol. The zero-order valence-corrected chi connectivity index (χ0v) is 5.77. The second-order valence-electron chi connectivity index (χ2n) is 1.78. The molecule has 0 aromatic rings. The fourth-order valence-corrected chi connectivity index (χ4v) is 0.568. The third kappa shape index (κ3) is 2.71. The summed E-state index contributed by atoms with van der Waals surface area (Å²) in [5.74, 6) is -1.31. The summed E-state index contributed by atoms with van der Waals surface area (Å²) in [5, 5.41) is 8.11. The van der Waals surface area contributed by atoms with Crippen LogP contribution in [0.2, 0.25) is 0 Å². The van der Waals surface area contributed by atoms with Gasteiger partial charge in [0, 0.05) is 0 Å². The Balaban J connectivity index is 4.58. The maximum atomic E-state index is 11.8. The van der Waals surface area contributed by atoms with E-state index >= 15 is 0 Å². The number of Topliss-reactive ketones (excluding diaryl/α,β-unsaturated/α-hetero) is 1. The number of allylic oxidation sites excluding steroid dienone is 1. The first-order valence-corrected chi connectivity index (χ1v) is 2.81. The van der Waals surface area contributed by atoms with Gasteiger partial charge in [-0.3, -0.25) is 4.79 Å². The van der Waals surface area contributed by atoms with Crippen LogP contribution in [0.15, 0.2) is 11.6 Å². The fourth-order valence-electron chi connectivity index (χ4n) is 0.568. The van der Waals surface area contributed by atoms with Gasteiger partial charge in [0.05, 0.1) is 5.57 Å². The van der Waals surface area contributed by atoms with E-state index in [4.69, 9.17) is 5.11 Å². The number of aliphatic hydroxyl groups is 1. The van der Waals surface area contributed by atoms with Gasteiger partial charge in [-0.25, -0.2) is 0 Å². The Hall–Kier alpha value is -0.840. The van der Waals surface area contributed by atoms with E-state index in [0.29, 0.717) is 6.08 Å². The molecule has 0 radical (unpaired) electrons. The van der Waals surface area contributed by atoms with Crippen molar-refractivity contribution in [1.29, 1.82) is 0 Å². The molecule has 1 N–H and O–H groups in total. The molecule has 0 bridgehead atoms. The molecule has 2 nitrogen and oxygen atoms in total. The average molecular weight is 168 g/mol. The van der Waals surface area contributed by atoms with Crippen molar-refractivity contribution in [2.45, 2.75) is 13.1 Å².